The van der Waals surface area contributed by atoms with Gasteiger partial charge in [-0.2, -0.15) is 0 Å². The van der Waals surface area contributed by atoms with Gasteiger partial charge in [0.25, 0.3) is 0 Å². The van der Waals surface area contributed by atoms with Crippen molar-refractivity contribution in [3.63, 3.8) is 0 Å². The lowest BCUT2D eigenvalue weighted by Crippen LogP contribution is -2.18. The zero-order valence-electron chi connectivity index (χ0n) is 15.2. The Morgan fingerprint density at radius 2 is 1.81 bits per heavy atom. The predicted molar refractivity (Wildman–Crippen MR) is 103 cm³/mol. The van der Waals surface area contributed by atoms with E-state index in [1.807, 2.05) is 42.6 Å². The Morgan fingerprint density at radius 1 is 0.962 bits per heavy atom. The van der Waals surface area contributed by atoms with Crippen LogP contribution in [0.4, 0.5) is 0 Å². The van der Waals surface area contributed by atoms with Crippen LogP contribution in [0.1, 0.15) is 29.7 Å². The van der Waals surface area contributed by atoms with Crippen molar-refractivity contribution in [1.82, 2.24) is 10.3 Å². The third-order valence-electron chi connectivity index (χ3n) is 4.26. The van der Waals surface area contributed by atoms with E-state index >= 15 is 0 Å². The van der Waals surface area contributed by atoms with Gasteiger partial charge in [0.15, 0.2) is 0 Å². The molecule has 4 heteroatoms. The smallest absolute Gasteiger partial charge is 0.119 e. The molecule has 0 spiro atoms. The van der Waals surface area contributed by atoms with Crippen molar-refractivity contribution in [3.8, 4) is 11.5 Å². The van der Waals surface area contributed by atoms with Crippen LogP contribution in [0.5, 0.6) is 11.5 Å². The Bertz CT molecular complexity index is 804. The van der Waals surface area contributed by atoms with Crippen molar-refractivity contribution >= 4 is 0 Å². The zero-order chi connectivity index (χ0) is 18.2. The molecule has 1 heterocycles. The van der Waals surface area contributed by atoms with E-state index < -0.39 is 0 Å². The number of hydrogen-bond donors (Lipinski definition) is 1. The molecule has 134 valence electrons. The number of methoxy groups -OCH3 is 1. The second-order valence-electron chi connectivity index (χ2n) is 6.17. The first kappa shape index (κ1) is 18.0. The van der Waals surface area contributed by atoms with Gasteiger partial charge in [-0.25, -0.2) is 0 Å². The first-order valence-electron chi connectivity index (χ1n) is 8.72. The molecule has 0 saturated carbocycles. The molecule has 4 nitrogen and oxygen atoms in total. The molecule has 0 radical (unpaired) electrons. The van der Waals surface area contributed by atoms with Crippen molar-refractivity contribution in [1.29, 1.82) is 0 Å². The summed E-state index contributed by atoms with van der Waals surface area (Å²) < 4.78 is 11.1. The third kappa shape index (κ3) is 5.07. The van der Waals surface area contributed by atoms with Gasteiger partial charge in [-0.15, -0.1) is 0 Å². The average Bonchev–Trinajstić information content (AvgIpc) is 2.72. The quantitative estimate of drug-likeness (QED) is 0.650. The fourth-order valence-corrected chi connectivity index (χ4v) is 2.65. The highest BCUT2D eigenvalue weighted by molar-refractivity contribution is 5.31. The predicted octanol–water partition coefficient (Wildman–Crippen LogP) is 4.52. The van der Waals surface area contributed by atoms with Crippen LogP contribution in [0, 0.1) is 0 Å². The number of pyridine rings is 1. The Balaban J connectivity index is 1.50. The first-order chi connectivity index (χ1) is 12.7. The van der Waals surface area contributed by atoms with Crippen molar-refractivity contribution in [2.24, 2.45) is 0 Å². The van der Waals surface area contributed by atoms with Gasteiger partial charge in [-0.05, 0) is 48.4 Å². The van der Waals surface area contributed by atoms with E-state index in [4.69, 9.17) is 9.47 Å². The summed E-state index contributed by atoms with van der Waals surface area (Å²) in [5.41, 5.74) is 3.49. The Hall–Kier alpha value is -2.85. The molecule has 0 aliphatic carbocycles. The zero-order valence-corrected chi connectivity index (χ0v) is 15.2. The van der Waals surface area contributed by atoms with E-state index in [-0.39, 0.29) is 6.04 Å². The minimum absolute atomic E-state index is 0.242. The van der Waals surface area contributed by atoms with Gasteiger partial charge in [0.1, 0.15) is 18.1 Å². The fraction of sp³-hybridized carbons (Fsp3) is 0.227. The molecule has 3 aromatic rings. The highest BCUT2D eigenvalue weighted by Gasteiger charge is 2.06. The normalized spacial score (nSPS) is 11.8. The SMILES string of the molecule is COc1cccc(C(C)NCc2ccc(OCc3cccnc3)cc2)c1. The lowest BCUT2D eigenvalue weighted by atomic mass is 10.1. The summed E-state index contributed by atoms with van der Waals surface area (Å²) >= 11 is 0. The number of rotatable bonds is 8. The molecular formula is C22H24N2O2. The van der Waals surface area contributed by atoms with E-state index in [1.165, 1.54) is 11.1 Å². The van der Waals surface area contributed by atoms with Crippen LogP contribution in [0.3, 0.4) is 0 Å². The van der Waals surface area contributed by atoms with Crippen molar-refractivity contribution in [2.45, 2.75) is 26.1 Å². The molecule has 3 rings (SSSR count). The van der Waals surface area contributed by atoms with Crippen molar-refractivity contribution in [3.05, 3.63) is 89.7 Å². The molecule has 1 N–H and O–H groups in total. The molecule has 0 aliphatic heterocycles. The molecule has 1 aromatic heterocycles. The minimum Gasteiger partial charge on any atom is -0.497 e. The summed E-state index contributed by atoms with van der Waals surface area (Å²) in [6, 6.07) is 20.5. The molecule has 1 atom stereocenters. The van der Waals surface area contributed by atoms with E-state index in [9.17, 15) is 0 Å². The summed E-state index contributed by atoms with van der Waals surface area (Å²) in [6.07, 6.45) is 3.58. The van der Waals surface area contributed by atoms with E-state index in [2.05, 4.69) is 41.5 Å². The van der Waals surface area contributed by atoms with Crippen LogP contribution < -0.4 is 14.8 Å². The number of benzene rings is 2. The molecule has 0 fully saturated rings. The Labute approximate surface area is 154 Å². The molecule has 0 bridgehead atoms. The standard InChI is InChI=1S/C22H24N2O2/c1-17(20-6-3-7-22(13-20)25-2)24-15-18-8-10-21(11-9-18)26-16-19-5-4-12-23-14-19/h3-14,17,24H,15-16H2,1-2H3. The maximum atomic E-state index is 5.79. The number of aromatic nitrogens is 1. The molecule has 0 aliphatic rings. The minimum atomic E-state index is 0.242. The van der Waals surface area contributed by atoms with E-state index in [1.54, 1.807) is 13.3 Å². The number of ether oxygens (including phenoxy) is 2. The summed E-state index contributed by atoms with van der Waals surface area (Å²) in [4.78, 5) is 4.09. The molecule has 0 saturated heterocycles. The summed E-state index contributed by atoms with van der Waals surface area (Å²) in [6.45, 7) is 3.47. The Morgan fingerprint density at radius 3 is 2.54 bits per heavy atom. The van der Waals surface area contributed by atoms with Gasteiger partial charge in [-0.3, -0.25) is 4.98 Å². The maximum Gasteiger partial charge on any atom is 0.119 e. The maximum absolute atomic E-state index is 5.79. The average molecular weight is 348 g/mol. The summed E-state index contributed by atoms with van der Waals surface area (Å²) in [5, 5.41) is 3.54. The summed E-state index contributed by atoms with van der Waals surface area (Å²) in [7, 11) is 1.69. The fourth-order valence-electron chi connectivity index (χ4n) is 2.65. The lowest BCUT2D eigenvalue weighted by Gasteiger charge is -2.15. The van der Waals surface area contributed by atoms with E-state index in [0.717, 1.165) is 23.6 Å². The van der Waals surface area contributed by atoms with Gasteiger partial charge in [0.05, 0.1) is 7.11 Å². The number of hydrogen-bond acceptors (Lipinski definition) is 4. The largest absolute Gasteiger partial charge is 0.497 e. The van der Waals surface area contributed by atoms with Crippen molar-refractivity contribution in [2.75, 3.05) is 7.11 Å². The first-order valence-corrected chi connectivity index (χ1v) is 8.72. The van der Waals surface area contributed by atoms with Crippen LogP contribution in [0.2, 0.25) is 0 Å². The second kappa shape index (κ2) is 9.02. The van der Waals surface area contributed by atoms with Crippen molar-refractivity contribution < 1.29 is 9.47 Å². The topological polar surface area (TPSA) is 43.4 Å². The highest BCUT2D eigenvalue weighted by Crippen LogP contribution is 2.20. The van der Waals surface area contributed by atoms with Crippen LogP contribution in [0.15, 0.2) is 73.1 Å². The third-order valence-corrected chi connectivity index (χ3v) is 4.26. The molecular weight excluding hydrogens is 324 g/mol. The van der Waals surface area contributed by atoms with E-state index in [0.29, 0.717) is 6.61 Å². The van der Waals surface area contributed by atoms with Gasteiger partial charge in [0, 0.05) is 30.5 Å². The second-order valence-corrected chi connectivity index (χ2v) is 6.17. The highest BCUT2D eigenvalue weighted by atomic mass is 16.5. The van der Waals surface area contributed by atoms with Crippen LogP contribution in [-0.2, 0) is 13.2 Å². The Kier molecular flexibility index (Phi) is 6.23. The van der Waals surface area contributed by atoms with Gasteiger partial charge in [-0.1, -0.05) is 30.3 Å². The van der Waals surface area contributed by atoms with Crippen LogP contribution >= 0.6 is 0 Å². The summed E-state index contributed by atoms with van der Waals surface area (Å²) in [5.74, 6) is 1.74. The number of nitrogens with zero attached hydrogens (tertiary/aromatic N) is 1. The number of nitrogens with one attached hydrogen (secondary N) is 1. The molecule has 2 aromatic carbocycles. The lowest BCUT2D eigenvalue weighted by molar-refractivity contribution is 0.305. The van der Waals surface area contributed by atoms with Crippen LogP contribution in [-0.4, -0.2) is 12.1 Å². The molecule has 26 heavy (non-hydrogen) atoms. The van der Waals surface area contributed by atoms with Crippen LogP contribution in [0.25, 0.3) is 0 Å². The van der Waals surface area contributed by atoms with Gasteiger partial charge < -0.3 is 14.8 Å². The molecule has 1 unspecified atom stereocenters. The van der Waals surface area contributed by atoms with Gasteiger partial charge >= 0.3 is 0 Å². The van der Waals surface area contributed by atoms with Gasteiger partial charge in [0.2, 0.25) is 0 Å². The molecule has 0 amide bonds. The monoisotopic (exact) mass is 348 g/mol.